The largest absolute Gasteiger partial charge is 0.329 e. The Morgan fingerprint density at radius 1 is 1.28 bits per heavy atom. The van der Waals surface area contributed by atoms with Crippen LogP contribution in [-0.2, 0) is 0 Å². The van der Waals surface area contributed by atoms with Gasteiger partial charge in [-0.1, -0.05) is 6.07 Å². The molecule has 0 radical (unpaired) electrons. The third-order valence-corrected chi connectivity index (χ3v) is 3.33. The number of hydrogen-bond acceptors (Lipinski definition) is 3. The number of fused-ring (bicyclic) bond motifs is 1. The fourth-order valence-corrected chi connectivity index (χ4v) is 2.44. The van der Waals surface area contributed by atoms with Crippen molar-refractivity contribution in [2.24, 2.45) is 0 Å². The summed E-state index contributed by atoms with van der Waals surface area (Å²) in [5.74, 6) is 0. The number of hydrogen-bond donors (Lipinski definition) is 1. The van der Waals surface area contributed by atoms with Crippen LogP contribution in [0.15, 0.2) is 42.9 Å². The van der Waals surface area contributed by atoms with Crippen molar-refractivity contribution < 1.29 is 0 Å². The summed E-state index contributed by atoms with van der Waals surface area (Å²) in [6.07, 6.45) is 5.40. The van der Waals surface area contributed by atoms with Gasteiger partial charge in [-0.3, -0.25) is 9.55 Å². The van der Waals surface area contributed by atoms with Gasteiger partial charge in [0, 0.05) is 18.6 Å². The van der Waals surface area contributed by atoms with Crippen LogP contribution in [0, 0.1) is 4.77 Å². The number of nitrogens with zero attached hydrogens (tertiary/aromatic N) is 3. The Balaban J connectivity index is 2.20. The van der Waals surface area contributed by atoms with Crippen molar-refractivity contribution in [1.82, 2.24) is 19.5 Å². The third-order valence-electron chi connectivity index (χ3n) is 3.03. The highest BCUT2D eigenvalue weighted by molar-refractivity contribution is 7.71. The maximum absolute atomic E-state index is 5.38. The maximum atomic E-state index is 5.38. The zero-order chi connectivity index (χ0) is 12.5. The Morgan fingerprint density at radius 3 is 2.89 bits per heavy atom. The van der Waals surface area contributed by atoms with E-state index in [4.69, 9.17) is 12.2 Å². The lowest BCUT2D eigenvalue weighted by atomic mass is 10.1. The molecule has 3 aromatic rings. The van der Waals surface area contributed by atoms with Crippen LogP contribution in [0.5, 0.6) is 0 Å². The molecule has 0 aromatic carbocycles. The summed E-state index contributed by atoms with van der Waals surface area (Å²) < 4.78 is 2.70. The van der Waals surface area contributed by atoms with E-state index in [0.717, 1.165) is 16.7 Å². The van der Waals surface area contributed by atoms with E-state index >= 15 is 0 Å². The Morgan fingerprint density at radius 2 is 2.11 bits per heavy atom. The quantitative estimate of drug-likeness (QED) is 0.717. The van der Waals surface area contributed by atoms with Crippen LogP contribution in [0.4, 0.5) is 0 Å². The van der Waals surface area contributed by atoms with Crippen molar-refractivity contribution in [3.63, 3.8) is 0 Å². The first-order valence-corrected chi connectivity index (χ1v) is 6.13. The van der Waals surface area contributed by atoms with E-state index in [2.05, 4.69) is 21.9 Å². The zero-order valence-corrected chi connectivity index (χ0v) is 10.7. The predicted octanol–water partition coefficient (Wildman–Crippen LogP) is 3.10. The lowest BCUT2D eigenvalue weighted by Gasteiger charge is -2.13. The van der Waals surface area contributed by atoms with Crippen LogP contribution in [-0.4, -0.2) is 19.5 Å². The highest BCUT2D eigenvalue weighted by Crippen LogP contribution is 2.22. The summed E-state index contributed by atoms with van der Waals surface area (Å²) in [5, 5.41) is 0. The van der Waals surface area contributed by atoms with Crippen LogP contribution in [0.2, 0.25) is 0 Å². The smallest absolute Gasteiger partial charge is 0.179 e. The molecule has 1 unspecified atom stereocenters. The van der Waals surface area contributed by atoms with Crippen molar-refractivity contribution in [2.75, 3.05) is 0 Å². The van der Waals surface area contributed by atoms with E-state index in [1.807, 2.05) is 35.0 Å². The number of H-pyrrole nitrogens is 1. The van der Waals surface area contributed by atoms with E-state index in [1.165, 1.54) is 0 Å². The molecule has 90 valence electrons. The van der Waals surface area contributed by atoms with Gasteiger partial charge < -0.3 is 4.98 Å². The van der Waals surface area contributed by atoms with Crippen molar-refractivity contribution >= 4 is 23.4 Å². The van der Waals surface area contributed by atoms with Gasteiger partial charge in [0.15, 0.2) is 10.4 Å². The average molecular weight is 256 g/mol. The van der Waals surface area contributed by atoms with Gasteiger partial charge in [0.2, 0.25) is 0 Å². The Kier molecular flexibility index (Phi) is 2.68. The molecule has 1 atom stereocenters. The summed E-state index contributed by atoms with van der Waals surface area (Å²) in [6, 6.07) is 7.95. The first-order valence-electron chi connectivity index (χ1n) is 5.72. The van der Waals surface area contributed by atoms with Gasteiger partial charge in [0.25, 0.3) is 0 Å². The van der Waals surface area contributed by atoms with Crippen molar-refractivity contribution in [1.29, 1.82) is 0 Å². The number of nitrogens with one attached hydrogen (secondary N) is 1. The molecule has 0 fully saturated rings. The summed E-state index contributed by atoms with van der Waals surface area (Å²) in [7, 11) is 0. The summed E-state index contributed by atoms with van der Waals surface area (Å²) >= 11 is 5.38. The normalized spacial score (nSPS) is 12.7. The molecule has 3 aromatic heterocycles. The van der Waals surface area contributed by atoms with Crippen molar-refractivity contribution in [3.05, 3.63) is 53.2 Å². The summed E-state index contributed by atoms with van der Waals surface area (Å²) in [5.41, 5.74) is 2.94. The zero-order valence-electron chi connectivity index (χ0n) is 9.87. The molecule has 0 aliphatic rings. The predicted molar refractivity (Wildman–Crippen MR) is 73.0 cm³/mol. The molecule has 5 heteroatoms. The fraction of sp³-hybridized carbons (Fsp3) is 0.154. The minimum atomic E-state index is 0.106. The highest BCUT2D eigenvalue weighted by atomic mass is 32.1. The first-order chi connectivity index (χ1) is 8.77. The number of pyridine rings is 2. The molecule has 0 aliphatic carbocycles. The molecule has 3 heterocycles. The number of imidazole rings is 1. The second kappa shape index (κ2) is 4.34. The van der Waals surface area contributed by atoms with Gasteiger partial charge in [0.05, 0.1) is 11.6 Å². The van der Waals surface area contributed by atoms with Crippen molar-refractivity contribution in [3.8, 4) is 0 Å². The maximum Gasteiger partial charge on any atom is 0.179 e. The monoisotopic (exact) mass is 256 g/mol. The topological polar surface area (TPSA) is 46.5 Å². The van der Waals surface area contributed by atoms with E-state index < -0.39 is 0 Å². The van der Waals surface area contributed by atoms with E-state index in [1.54, 1.807) is 12.4 Å². The molecule has 0 bridgehead atoms. The average Bonchev–Trinajstić information content (AvgIpc) is 2.75. The molecule has 0 saturated heterocycles. The minimum Gasteiger partial charge on any atom is -0.329 e. The minimum absolute atomic E-state index is 0.106. The number of aromatic amines is 1. The second-order valence-electron chi connectivity index (χ2n) is 4.14. The fourth-order valence-electron chi connectivity index (χ4n) is 2.09. The van der Waals surface area contributed by atoms with Gasteiger partial charge in [-0.05, 0) is 42.9 Å². The van der Waals surface area contributed by atoms with Gasteiger partial charge in [-0.25, -0.2) is 4.98 Å². The van der Waals surface area contributed by atoms with Crippen LogP contribution in [0.1, 0.15) is 18.5 Å². The number of rotatable bonds is 2. The lowest BCUT2D eigenvalue weighted by molar-refractivity contribution is 0.641. The molecule has 0 spiro atoms. The van der Waals surface area contributed by atoms with Crippen LogP contribution in [0.3, 0.4) is 0 Å². The van der Waals surface area contributed by atoms with Gasteiger partial charge in [0.1, 0.15) is 0 Å². The van der Waals surface area contributed by atoms with Crippen LogP contribution >= 0.6 is 12.2 Å². The molecular formula is C13H12N4S. The highest BCUT2D eigenvalue weighted by Gasteiger charge is 2.13. The lowest BCUT2D eigenvalue weighted by Crippen LogP contribution is -2.07. The second-order valence-corrected chi connectivity index (χ2v) is 4.52. The van der Waals surface area contributed by atoms with Gasteiger partial charge in [-0.15, -0.1) is 0 Å². The molecule has 18 heavy (non-hydrogen) atoms. The molecule has 0 saturated carbocycles. The van der Waals surface area contributed by atoms with Crippen LogP contribution < -0.4 is 0 Å². The Hall–Kier alpha value is -2.01. The summed E-state index contributed by atoms with van der Waals surface area (Å²) in [6.45, 7) is 2.09. The molecule has 3 rings (SSSR count). The Bertz CT molecular complexity index is 729. The van der Waals surface area contributed by atoms with Crippen molar-refractivity contribution in [2.45, 2.75) is 13.0 Å². The van der Waals surface area contributed by atoms with Gasteiger partial charge >= 0.3 is 0 Å². The molecule has 4 nitrogen and oxygen atoms in total. The third kappa shape index (κ3) is 1.73. The first kappa shape index (κ1) is 11.1. The number of aromatic nitrogens is 4. The molecule has 0 amide bonds. The SMILES string of the molecule is CC(c1cccnc1)n1c(=S)[nH]c2cccnc21. The van der Waals surface area contributed by atoms with Gasteiger partial charge in [-0.2, -0.15) is 0 Å². The van der Waals surface area contributed by atoms with E-state index in [0.29, 0.717) is 4.77 Å². The molecule has 1 N–H and O–H groups in total. The van der Waals surface area contributed by atoms with E-state index in [-0.39, 0.29) is 6.04 Å². The summed E-state index contributed by atoms with van der Waals surface area (Å²) in [4.78, 5) is 11.7. The molecular weight excluding hydrogens is 244 g/mol. The molecule has 0 aliphatic heterocycles. The standard InChI is InChI=1S/C13H12N4S/c1-9(10-4-2-6-14-8-10)17-12-11(16-13(17)18)5-3-7-15-12/h2-9H,1H3,(H,16,18). The Labute approximate surface area is 109 Å². The van der Waals surface area contributed by atoms with E-state index in [9.17, 15) is 0 Å². The van der Waals surface area contributed by atoms with Crippen LogP contribution in [0.25, 0.3) is 11.2 Å².